The number of carbonyl (C=O) groups is 1. The molecule has 3 aromatic rings. The van der Waals surface area contributed by atoms with Crippen molar-refractivity contribution in [2.75, 3.05) is 38.2 Å². The van der Waals surface area contributed by atoms with E-state index in [2.05, 4.69) is 15.2 Å². The molecule has 0 spiro atoms. The Labute approximate surface area is 181 Å². The molecule has 2 aromatic carbocycles. The van der Waals surface area contributed by atoms with E-state index in [-0.39, 0.29) is 17.8 Å². The number of aromatic hydroxyl groups is 1. The molecule has 0 saturated carbocycles. The van der Waals surface area contributed by atoms with Crippen molar-refractivity contribution in [1.29, 1.82) is 0 Å². The standard InChI is InChI=1S/C23H27N5O3/c1-26-11-10-24-22(26)21(17-6-8-20(31-2)9-7-17)25-23(30)28-14-12-27(13-15-28)18-4-3-5-19(29)16-18/h3-11,16,21,29H,12-15H2,1-2H3,(H,25,30). The quantitative estimate of drug-likeness (QED) is 0.662. The Hall–Kier alpha value is -3.68. The van der Waals surface area contributed by atoms with Crippen LogP contribution >= 0.6 is 0 Å². The SMILES string of the molecule is COc1ccc(C(NC(=O)N2CCN(c3cccc(O)c3)CC2)c2nccn2C)cc1. The first-order chi connectivity index (χ1) is 15.0. The average molecular weight is 422 g/mol. The number of nitrogens with zero attached hydrogens (tertiary/aromatic N) is 4. The van der Waals surface area contributed by atoms with Crippen LogP contribution in [0.4, 0.5) is 10.5 Å². The Kier molecular flexibility index (Phi) is 5.97. The highest BCUT2D eigenvalue weighted by Gasteiger charge is 2.26. The topological polar surface area (TPSA) is 82.9 Å². The van der Waals surface area contributed by atoms with Crippen molar-refractivity contribution in [2.24, 2.45) is 7.05 Å². The molecule has 1 fully saturated rings. The number of hydrogen-bond donors (Lipinski definition) is 2. The maximum atomic E-state index is 13.1. The van der Waals surface area contributed by atoms with Gasteiger partial charge in [-0.05, 0) is 29.8 Å². The van der Waals surface area contributed by atoms with Crippen LogP contribution in [0.15, 0.2) is 60.9 Å². The second kappa shape index (κ2) is 8.99. The molecule has 2 heterocycles. The Morgan fingerprint density at radius 3 is 2.48 bits per heavy atom. The summed E-state index contributed by atoms with van der Waals surface area (Å²) in [4.78, 5) is 21.6. The molecule has 162 valence electrons. The highest BCUT2D eigenvalue weighted by Crippen LogP contribution is 2.24. The zero-order valence-electron chi connectivity index (χ0n) is 17.7. The van der Waals surface area contributed by atoms with Gasteiger partial charge in [0.2, 0.25) is 0 Å². The molecular formula is C23H27N5O3. The number of imidazole rings is 1. The molecule has 0 aliphatic carbocycles. The third-order valence-electron chi connectivity index (χ3n) is 5.60. The Balaban J connectivity index is 1.46. The number of urea groups is 1. The largest absolute Gasteiger partial charge is 0.508 e. The van der Waals surface area contributed by atoms with Gasteiger partial charge in [0.1, 0.15) is 23.4 Å². The number of aryl methyl sites for hydroxylation is 1. The number of methoxy groups -OCH3 is 1. The van der Waals surface area contributed by atoms with E-state index in [0.29, 0.717) is 26.2 Å². The van der Waals surface area contributed by atoms with E-state index in [1.807, 2.05) is 59.1 Å². The summed E-state index contributed by atoms with van der Waals surface area (Å²) in [5.41, 5.74) is 1.89. The summed E-state index contributed by atoms with van der Waals surface area (Å²) in [6, 6.07) is 14.3. The second-order valence-corrected chi connectivity index (χ2v) is 7.55. The molecule has 1 atom stereocenters. The molecule has 31 heavy (non-hydrogen) atoms. The molecule has 1 saturated heterocycles. The van der Waals surface area contributed by atoms with Gasteiger partial charge in [0.25, 0.3) is 0 Å². The number of nitrogens with one attached hydrogen (secondary N) is 1. The van der Waals surface area contributed by atoms with Gasteiger partial charge in [-0.25, -0.2) is 9.78 Å². The summed E-state index contributed by atoms with van der Waals surface area (Å²) in [7, 11) is 3.54. The number of benzene rings is 2. The van der Waals surface area contributed by atoms with Crippen LogP contribution < -0.4 is 15.0 Å². The summed E-state index contributed by atoms with van der Waals surface area (Å²) in [6.07, 6.45) is 3.60. The second-order valence-electron chi connectivity index (χ2n) is 7.55. The lowest BCUT2D eigenvalue weighted by Crippen LogP contribution is -2.52. The molecule has 1 unspecified atom stereocenters. The van der Waals surface area contributed by atoms with Gasteiger partial charge in [-0.3, -0.25) is 0 Å². The third-order valence-corrected chi connectivity index (χ3v) is 5.60. The number of amides is 2. The summed E-state index contributed by atoms with van der Waals surface area (Å²) in [5.74, 6) is 1.77. The number of carbonyl (C=O) groups excluding carboxylic acids is 1. The molecule has 0 bridgehead atoms. The Morgan fingerprint density at radius 1 is 1.13 bits per heavy atom. The fourth-order valence-electron chi connectivity index (χ4n) is 3.82. The normalized spacial score (nSPS) is 14.9. The molecule has 1 aliphatic rings. The molecule has 8 heteroatoms. The molecule has 2 amide bonds. The van der Waals surface area contributed by atoms with Crippen LogP contribution in [0.25, 0.3) is 0 Å². The molecule has 4 rings (SSSR count). The van der Waals surface area contributed by atoms with Gasteiger partial charge in [0.15, 0.2) is 0 Å². The molecular weight excluding hydrogens is 394 g/mol. The maximum Gasteiger partial charge on any atom is 0.318 e. The van der Waals surface area contributed by atoms with E-state index in [1.165, 1.54) is 0 Å². The first-order valence-corrected chi connectivity index (χ1v) is 10.3. The number of ether oxygens (including phenoxy) is 1. The third kappa shape index (κ3) is 4.58. The fraction of sp³-hybridized carbons (Fsp3) is 0.304. The smallest absolute Gasteiger partial charge is 0.318 e. The number of anilines is 1. The lowest BCUT2D eigenvalue weighted by Gasteiger charge is -2.36. The fourth-order valence-corrected chi connectivity index (χ4v) is 3.82. The van der Waals surface area contributed by atoms with E-state index in [1.54, 1.807) is 25.4 Å². The van der Waals surface area contributed by atoms with Crippen molar-refractivity contribution in [3.63, 3.8) is 0 Å². The van der Waals surface area contributed by atoms with Gasteiger partial charge < -0.3 is 29.5 Å². The number of hydrogen-bond acceptors (Lipinski definition) is 5. The average Bonchev–Trinajstić information content (AvgIpc) is 3.23. The van der Waals surface area contributed by atoms with Crippen LogP contribution in [0.3, 0.4) is 0 Å². The lowest BCUT2D eigenvalue weighted by molar-refractivity contribution is 0.191. The van der Waals surface area contributed by atoms with Crippen molar-refractivity contribution in [2.45, 2.75) is 6.04 Å². The highest BCUT2D eigenvalue weighted by molar-refractivity contribution is 5.75. The predicted octanol–water partition coefficient (Wildman–Crippen LogP) is 2.76. The number of phenols is 1. The summed E-state index contributed by atoms with van der Waals surface area (Å²) in [6.45, 7) is 2.59. The lowest BCUT2D eigenvalue weighted by atomic mass is 10.1. The zero-order chi connectivity index (χ0) is 21.8. The van der Waals surface area contributed by atoms with Crippen molar-refractivity contribution in [3.05, 3.63) is 72.3 Å². The number of aromatic nitrogens is 2. The molecule has 2 N–H and O–H groups in total. The van der Waals surface area contributed by atoms with E-state index in [0.717, 1.165) is 22.8 Å². The molecule has 8 nitrogen and oxygen atoms in total. The van der Waals surface area contributed by atoms with Crippen molar-refractivity contribution in [1.82, 2.24) is 19.8 Å². The van der Waals surface area contributed by atoms with Gasteiger partial charge in [-0.2, -0.15) is 0 Å². The van der Waals surface area contributed by atoms with E-state index in [4.69, 9.17) is 4.74 Å². The Bertz CT molecular complexity index is 1030. The maximum absolute atomic E-state index is 13.1. The van der Waals surface area contributed by atoms with E-state index in [9.17, 15) is 9.90 Å². The van der Waals surface area contributed by atoms with E-state index < -0.39 is 0 Å². The van der Waals surface area contributed by atoms with Gasteiger partial charge in [-0.15, -0.1) is 0 Å². The number of rotatable bonds is 5. The van der Waals surface area contributed by atoms with Crippen LogP contribution in [0, 0.1) is 0 Å². The number of phenolic OH excluding ortho intramolecular Hbond substituents is 1. The van der Waals surface area contributed by atoms with Crippen LogP contribution in [0.1, 0.15) is 17.4 Å². The monoisotopic (exact) mass is 421 g/mol. The minimum absolute atomic E-state index is 0.126. The minimum Gasteiger partial charge on any atom is -0.508 e. The minimum atomic E-state index is -0.373. The van der Waals surface area contributed by atoms with Gasteiger partial charge in [0, 0.05) is 57.4 Å². The molecule has 1 aromatic heterocycles. The van der Waals surface area contributed by atoms with E-state index >= 15 is 0 Å². The summed E-state index contributed by atoms with van der Waals surface area (Å²) >= 11 is 0. The van der Waals surface area contributed by atoms with Crippen molar-refractivity contribution >= 4 is 11.7 Å². The van der Waals surface area contributed by atoms with Crippen LogP contribution in [-0.2, 0) is 7.05 Å². The van der Waals surface area contributed by atoms with Gasteiger partial charge in [-0.1, -0.05) is 18.2 Å². The zero-order valence-corrected chi connectivity index (χ0v) is 17.7. The van der Waals surface area contributed by atoms with Crippen molar-refractivity contribution in [3.8, 4) is 11.5 Å². The van der Waals surface area contributed by atoms with Crippen LogP contribution in [0.5, 0.6) is 11.5 Å². The predicted molar refractivity (Wildman–Crippen MR) is 118 cm³/mol. The highest BCUT2D eigenvalue weighted by atomic mass is 16.5. The summed E-state index contributed by atoms with van der Waals surface area (Å²) < 4.78 is 7.17. The van der Waals surface area contributed by atoms with Crippen LogP contribution in [-0.4, -0.2) is 58.9 Å². The van der Waals surface area contributed by atoms with Crippen LogP contribution in [0.2, 0.25) is 0 Å². The molecule has 1 aliphatic heterocycles. The Morgan fingerprint density at radius 2 is 1.87 bits per heavy atom. The first-order valence-electron chi connectivity index (χ1n) is 10.3. The van der Waals surface area contributed by atoms with Gasteiger partial charge >= 0.3 is 6.03 Å². The van der Waals surface area contributed by atoms with Gasteiger partial charge in [0.05, 0.1) is 7.11 Å². The molecule has 0 radical (unpaired) electrons. The summed E-state index contributed by atoms with van der Waals surface area (Å²) in [5, 5.41) is 12.9. The first kappa shape index (κ1) is 20.6. The number of piperazine rings is 1. The van der Waals surface area contributed by atoms with Crippen molar-refractivity contribution < 1.29 is 14.6 Å².